The SMILES string of the molecule is Cc1ccc(C)c(-c2ccc(CC(N)(Oc3cn(C)cn3)C3CCCCC3)cc2)c1. The van der Waals surface area contributed by atoms with Gasteiger partial charge in [-0.2, -0.15) is 0 Å². The number of aryl methyl sites for hydroxylation is 3. The van der Waals surface area contributed by atoms with Crippen LogP contribution >= 0.6 is 0 Å². The van der Waals surface area contributed by atoms with E-state index in [9.17, 15) is 0 Å². The van der Waals surface area contributed by atoms with Crippen molar-refractivity contribution in [2.45, 2.75) is 58.1 Å². The van der Waals surface area contributed by atoms with Crippen LogP contribution in [0.15, 0.2) is 55.0 Å². The average molecular weight is 404 g/mol. The molecule has 2 N–H and O–H groups in total. The van der Waals surface area contributed by atoms with E-state index in [4.69, 9.17) is 10.5 Å². The fourth-order valence-corrected chi connectivity index (χ4v) is 4.66. The van der Waals surface area contributed by atoms with E-state index < -0.39 is 5.72 Å². The van der Waals surface area contributed by atoms with Gasteiger partial charge in [0, 0.05) is 19.4 Å². The molecule has 3 aromatic rings. The largest absolute Gasteiger partial charge is 0.454 e. The molecule has 1 unspecified atom stereocenters. The highest BCUT2D eigenvalue weighted by molar-refractivity contribution is 5.68. The molecule has 1 aliphatic rings. The normalized spacial score (nSPS) is 16.9. The Morgan fingerprint density at radius 2 is 1.80 bits per heavy atom. The first-order valence-electron chi connectivity index (χ1n) is 11.1. The van der Waals surface area contributed by atoms with E-state index in [2.05, 4.69) is 61.3 Å². The lowest BCUT2D eigenvalue weighted by Crippen LogP contribution is -2.55. The van der Waals surface area contributed by atoms with Gasteiger partial charge in [-0.25, -0.2) is 4.98 Å². The van der Waals surface area contributed by atoms with Crippen molar-refractivity contribution in [1.29, 1.82) is 0 Å². The van der Waals surface area contributed by atoms with Gasteiger partial charge in [0.15, 0.2) is 5.72 Å². The molecule has 1 aliphatic carbocycles. The Hall–Kier alpha value is -2.59. The molecule has 0 bridgehead atoms. The molecule has 1 saturated carbocycles. The first kappa shape index (κ1) is 20.7. The van der Waals surface area contributed by atoms with Crippen molar-refractivity contribution >= 4 is 0 Å². The summed E-state index contributed by atoms with van der Waals surface area (Å²) in [5, 5.41) is 0. The summed E-state index contributed by atoms with van der Waals surface area (Å²) in [6.45, 7) is 4.30. The number of hydrogen-bond donors (Lipinski definition) is 1. The lowest BCUT2D eigenvalue weighted by Gasteiger charge is -2.39. The zero-order chi connectivity index (χ0) is 21.1. The minimum absolute atomic E-state index is 0.340. The fourth-order valence-electron chi connectivity index (χ4n) is 4.66. The van der Waals surface area contributed by atoms with Crippen LogP contribution in [-0.4, -0.2) is 15.3 Å². The summed E-state index contributed by atoms with van der Waals surface area (Å²) in [6, 6.07) is 15.4. The van der Waals surface area contributed by atoms with E-state index in [1.807, 2.05) is 17.8 Å². The number of hydrogen-bond acceptors (Lipinski definition) is 3. The highest BCUT2D eigenvalue weighted by Crippen LogP contribution is 2.35. The van der Waals surface area contributed by atoms with Crippen molar-refractivity contribution in [3.63, 3.8) is 0 Å². The molecule has 2 aromatic carbocycles. The van der Waals surface area contributed by atoms with Gasteiger partial charge in [-0.05, 0) is 48.9 Å². The number of rotatable bonds is 6. The maximum absolute atomic E-state index is 6.97. The maximum Gasteiger partial charge on any atom is 0.233 e. The molecule has 0 saturated heterocycles. The summed E-state index contributed by atoms with van der Waals surface area (Å²) in [4.78, 5) is 4.37. The highest BCUT2D eigenvalue weighted by Gasteiger charge is 2.38. The summed E-state index contributed by atoms with van der Waals surface area (Å²) < 4.78 is 8.26. The minimum atomic E-state index is -0.741. The monoisotopic (exact) mass is 403 g/mol. The van der Waals surface area contributed by atoms with Crippen LogP contribution in [0.25, 0.3) is 11.1 Å². The summed E-state index contributed by atoms with van der Waals surface area (Å²) >= 11 is 0. The molecule has 0 radical (unpaired) electrons. The third-order valence-corrected chi connectivity index (χ3v) is 6.41. The number of nitrogens with two attached hydrogens (primary N) is 1. The molecule has 4 nitrogen and oxygen atoms in total. The summed E-state index contributed by atoms with van der Waals surface area (Å²) in [5.74, 6) is 0.949. The maximum atomic E-state index is 6.97. The first-order valence-corrected chi connectivity index (χ1v) is 11.1. The number of benzene rings is 2. The second-order valence-electron chi connectivity index (χ2n) is 8.96. The second kappa shape index (κ2) is 8.65. The van der Waals surface area contributed by atoms with Crippen LogP contribution in [0.2, 0.25) is 0 Å². The molecule has 0 spiro atoms. The summed E-state index contributed by atoms with van der Waals surface area (Å²) in [6.07, 6.45) is 10.3. The Morgan fingerprint density at radius 3 is 2.47 bits per heavy atom. The third kappa shape index (κ3) is 4.59. The Balaban J connectivity index is 1.58. The van der Waals surface area contributed by atoms with Crippen LogP contribution in [0.1, 0.15) is 48.8 Å². The van der Waals surface area contributed by atoms with Gasteiger partial charge < -0.3 is 9.30 Å². The average Bonchev–Trinajstić information content (AvgIpc) is 3.15. The molecule has 1 heterocycles. The van der Waals surface area contributed by atoms with E-state index in [1.54, 1.807) is 6.33 Å². The van der Waals surface area contributed by atoms with Crippen LogP contribution in [-0.2, 0) is 13.5 Å². The molecular weight excluding hydrogens is 370 g/mol. The fraction of sp³-hybridized carbons (Fsp3) is 0.423. The van der Waals surface area contributed by atoms with E-state index in [-0.39, 0.29) is 0 Å². The topological polar surface area (TPSA) is 53.1 Å². The van der Waals surface area contributed by atoms with Crippen LogP contribution in [0.5, 0.6) is 5.88 Å². The Bertz CT molecular complexity index is 986. The van der Waals surface area contributed by atoms with Gasteiger partial charge in [0.2, 0.25) is 5.88 Å². The van der Waals surface area contributed by atoms with Gasteiger partial charge in [0.05, 0.1) is 12.5 Å². The van der Waals surface area contributed by atoms with Gasteiger partial charge in [-0.15, -0.1) is 0 Å². The molecular formula is C26H33N3O. The third-order valence-electron chi connectivity index (χ3n) is 6.41. The van der Waals surface area contributed by atoms with Crippen LogP contribution in [0.4, 0.5) is 0 Å². The predicted octanol–water partition coefficient (Wildman–Crippen LogP) is 5.56. The number of aromatic nitrogens is 2. The van der Waals surface area contributed by atoms with Gasteiger partial charge in [0.25, 0.3) is 0 Å². The van der Waals surface area contributed by atoms with Crippen molar-refractivity contribution in [2.24, 2.45) is 18.7 Å². The lowest BCUT2D eigenvalue weighted by molar-refractivity contribution is -0.00639. The molecule has 1 aromatic heterocycles. The summed E-state index contributed by atoms with van der Waals surface area (Å²) in [5.41, 5.74) is 12.5. The number of nitrogens with zero attached hydrogens (tertiary/aromatic N) is 2. The van der Waals surface area contributed by atoms with E-state index in [0.29, 0.717) is 18.2 Å². The number of ether oxygens (including phenoxy) is 1. The zero-order valence-corrected chi connectivity index (χ0v) is 18.4. The van der Waals surface area contributed by atoms with Crippen LogP contribution < -0.4 is 10.5 Å². The molecule has 1 fully saturated rings. The molecule has 1 atom stereocenters. The van der Waals surface area contributed by atoms with E-state index in [0.717, 1.165) is 12.8 Å². The van der Waals surface area contributed by atoms with Crippen molar-refractivity contribution < 1.29 is 4.74 Å². The molecule has 0 amide bonds. The molecule has 158 valence electrons. The van der Waals surface area contributed by atoms with Crippen LogP contribution in [0.3, 0.4) is 0 Å². The van der Waals surface area contributed by atoms with Crippen molar-refractivity contribution in [2.75, 3.05) is 0 Å². The highest BCUT2D eigenvalue weighted by atomic mass is 16.5. The molecule has 4 heteroatoms. The zero-order valence-electron chi connectivity index (χ0n) is 18.4. The van der Waals surface area contributed by atoms with Crippen molar-refractivity contribution in [1.82, 2.24) is 9.55 Å². The standard InChI is InChI=1S/C26H33N3O/c1-19-9-10-20(2)24(15-19)22-13-11-21(12-14-22)16-26(27,23-7-5-4-6-8-23)30-25-17-29(3)18-28-25/h9-15,17-18,23H,4-8,16,27H2,1-3H3. The van der Waals surface area contributed by atoms with E-state index >= 15 is 0 Å². The Labute approximate surface area is 180 Å². The van der Waals surface area contributed by atoms with E-state index in [1.165, 1.54) is 47.1 Å². The van der Waals surface area contributed by atoms with Gasteiger partial charge >= 0.3 is 0 Å². The first-order chi connectivity index (χ1) is 14.4. The predicted molar refractivity (Wildman–Crippen MR) is 122 cm³/mol. The van der Waals surface area contributed by atoms with Gasteiger partial charge in [-0.3, -0.25) is 5.73 Å². The van der Waals surface area contributed by atoms with Gasteiger partial charge in [-0.1, -0.05) is 67.3 Å². The second-order valence-corrected chi connectivity index (χ2v) is 8.96. The molecule has 0 aliphatic heterocycles. The number of imidazole rings is 1. The lowest BCUT2D eigenvalue weighted by atomic mass is 9.79. The Morgan fingerprint density at radius 1 is 1.07 bits per heavy atom. The van der Waals surface area contributed by atoms with Crippen LogP contribution in [0, 0.1) is 19.8 Å². The minimum Gasteiger partial charge on any atom is -0.454 e. The van der Waals surface area contributed by atoms with Gasteiger partial charge in [0.1, 0.15) is 0 Å². The quantitative estimate of drug-likeness (QED) is 0.548. The smallest absolute Gasteiger partial charge is 0.233 e. The van der Waals surface area contributed by atoms with Crippen molar-refractivity contribution in [3.8, 4) is 17.0 Å². The summed E-state index contributed by atoms with van der Waals surface area (Å²) in [7, 11) is 1.95. The Kier molecular flexibility index (Phi) is 5.96. The van der Waals surface area contributed by atoms with Crippen molar-refractivity contribution in [3.05, 3.63) is 71.7 Å². The molecule has 4 rings (SSSR count). The molecule has 30 heavy (non-hydrogen) atoms.